The fraction of sp³-hybridized carbons (Fsp3) is 0.467. The van der Waals surface area contributed by atoms with Gasteiger partial charge in [0.05, 0.1) is 0 Å². The monoisotopic (exact) mass is 267 g/mol. The molecule has 1 nitrogen and oxygen atoms in total. The van der Waals surface area contributed by atoms with Gasteiger partial charge in [-0.05, 0) is 30.4 Å². The maximum atomic E-state index is 13.4. The molecule has 0 radical (unpaired) electrons. The zero-order chi connectivity index (χ0) is 13.6. The molecule has 4 heteroatoms. The first-order valence-corrected chi connectivity index (χ1v) is 6.64. The van der Waals surface area contributed by atoms with Crippen molar-refractivity contribution >= 4 is 10.9 Å². The Balaban J connectivity index is 2.32. The van der Waals surface area contributed by atoms with E-state index in [9.17, 15) is 13.2 Å². The Bertz CT molecular complexity index is 604. The zero-order valence-corrected chi connectivity index (χ0v) is 10.8. The van der Waals surface area contributed by atoms with Crippen LogP contribution in [0.5, 0.6) is 0 Å². The van der Waals surface area contributed by atoms with Gasteiger partial charge in [-0.2, -0.15) is 13.2 Å². The molecule has 3 rings (SSSR count). The number of halogens is 3. The molecule has 0 atom stereocenters. The summed E-state index contributed by atoms with van der Waals surface area (Å²) in [5.41, 5.74) is 0.737. The number of aryl methyl sites for hydroxylation is 1. The van der Waals surface area contributed by atoms with Gasteiger partial charge in [-0.15, -0.1) is 0 Å². The number of alkyl halides is 3. The Labute approximate surface area is 110 Å². The molecule has 0 amide bonds. The second-order valence-electron chi connectivity index (χ2n) is 5.32. The number of hydrogen-bond donors (Lipinski definition) is 0. The third-order valence-electron chi connectivity index (χ3n) is 4.18. The number of fused-ring (bicyclic) bond motifs is 1. The molecule has 2 aromatic rings. The van der Waals surface area contributed by atoms with Gasteiger partial charge in [-0.3, -0.25) is 0 Å². The van der Waals surface area contributed by atoms with Gasteiger partial charge in [0.2, 0.25) is 0 Å². The van der Waals surface area contributed by atoms with E-state index in [1.165, 1.54) is 11.6 Å². The first kappa shape index (κ1) is 12.6. The molecule has 1 aromatic heterocycles. The van der Waals surface area contributed by atoms with Gasteiger partial charge in [-0.1, -0.05) is 31.0 Å². The predicted octanol–water partition coefficient (Wildman–Crippen LogP) is 4.85. The Morgan fingerprint density at radius 3 is 2.37 bits per heavy atom. The van der Waals surface area contributed by atoms with Crippen molar-refractivity contribution in [3.05, 3.63) is 35.5 Å². The second kappa shape index (κ2) is 4.29. The lowest BCUT2D eigenvalue weighted by Gasteiger charge is -2.15. The number of nitrogens with zero attached hydrogens (tertiary/aromatic N) is 1. The minimum Gasteiger partial charge on any atom is -0.340 e. The quantitative estimate of drug-likeness (QED) is 0.695. The van der Waals surface area contributed by atoms with Crippen LogP contribution < -0.4 is 0 Å². The number of rotatable bonds is 1. The Morgan fingerprint density at radius 2 is 1.74 bits per heavy atom. The highest BCUT2D eigenvalue weighted by atomic mass is 19.4. The van der Waals surface area contributed by atoms with Crippen molar-refractivity contribution in [1.29, 1.82) is 0 Å². The lowest BCUT2D eigenvalue weighted by molar-refractivity contribution is -0.143. The van der Waals surface area contributed by atoms with E-state index >= 15 is 0 Å². The lowest BCUT2D eigenvalue weighted by Crippen LogP contribution is -2.14. The largest absolute Gasteiger partial charge is 0.431 e. The standard InChI is InChI=1S/C15H16F3N/c1-19-12-9-5-4-8-11(12)13(10-6-2-3-7-10)14(19)15(16,17)18/h4-5,8-10H,2-3,6-7H2,1H3. The maximum Gasteiger partial charge on any atom is 0.431 e. The molecule has 0 bridgehead atoms. The van der Waals surface area contributed by atoms with E-state index < -0.39 is 11.9 Å². The molecule has 0 N–H and O–H groups in total. The van der Waals surface area contributed by atoms with Crippen molar-refractivity contribution in [1.82, 2.24) is 4.57 Å². The average molecular weight is 267 g/mol. The van der Waals surface area contributed by atoms with Gasteiger partial charge in [-0.25, -0.2) is 0 Å². The molecule has 1 aliphatic rings. The summed E-state index contributed by atoms with van der Waals surface area (Å²) in [6.07, 6.45) is -0.476. The van der Waals surface area contributed by atoms with E-state index in [1.807, 2.05) is 12.1 Å². The molecule has 102 valence electrons. The molecule has 0 aliphatic heterocycles. The maximum absolute atomic E-state index is 13.4. The number of hydrogen-bond acceptors (Lipinski definition) is 0. The summed E-state index contributed by atoms with van der Waals surface area (Å²) in [5.74, 6) is 0.0581. The van der Waals surface area contributed by atoms with Crippen molar-refractivity contribution in [2.75, 3.05) is 0 Å². The molecule has 0 saturated heterocycles. The van der Waals surface area contributed by atoms with Gasteiger partial charge >= 0.3 is 6.18 Å². The van der Waals surface area contributed by atoms with Crippen molar-refractivity contribution in [3.8, 4) is 0 Å². The summed E-state index contributed by atoms with van der Waals surface area (Å²) >= 11 is 0. The molecular weight excluding hydrogens is 251 g/mol. The molecule has 1 heterocycles. The highest BCUT2D eigenvalue weighted by molar-refractivity contribution is 5.86. The first-order chi connectivity index (χ1) is 9.00. The molecule has 1 aliphatic carbocycles. The molecular formula is C15H16F3N. The smallest absolute Gasteiger partial charge is 0.340 e. The lowest BCUT2D eigenvalue weighted by atomic mass is 9.94. The highest BCUT2D eigenvalue weighted by Crippen LogP contribution is 2.45. The van der Waals surface area contributed by atoms with Crippen LogP contribution >= 0.6 is 0 Å². The van der Waals surface area contributed by atoms with Gasteiger partial charge in [0.25, 0.3) is 0 Å². The van der Waals surface area contributed by atoms with Crippen LogP contribution in [-0.4, -0.2) is 4.57 Å². The van der Waals surface area contributed by atoms with Crippen LogP contribution in [0.3, 0.4) is 0 Å². The van der Waals surface area contributed by atoms with Crippen LogP contribution in [0, 0.1) is 0 Å². The van der Waals surface area contributed by atoms with Crippen molar-refractivity contribution < 1.29 is 13.2 Å². The minimum absolute atomic E-state index is 0.0581. The summed E-state index contributed by atoms with van der Waals surface area (Å²) in [5, 5.41) is 0.768. The number of benzene rings is 1. The molecule has 19 heavy (non-hydrogen) atoms. The summed E-state index contributed by atoms with van der Waals surface area (Å²) in [4.78, 5) is 0. The zero-order valence-electron chi connectivity index (χ0n) is 10.8. The van der Waals surface area contributed by atoms with E-state index in [0.717, 1.165) is 31.1 Å². The van der Waals surface area contributed by atoms with Crippen LogP contribution in [-0.2, 0) is 13.2 Å². The van der Waals surface area contributed by atoms with E-state index in [4.69, 9.17) is 0 Å². The van der Waals surface area contributed by atoms with E-state index in [-0.39, 0.29) is 5.92 Å². The Kier molecular flexibility index (Phi) is 2.84. The van der Waals surface area contributed by atoms with Crippen molar-refractivity contribution in [2.24, 2.45) is 7.05 Å². The fourth-order valence-electron chi connectivity index (χ4n) is 3.39. The SMILES string of the molecule is Cn1c(C(F)(F)F)c(C2CCCC2)c2ccccc21. The molecule has 1 aromatic carbocycles. The predicted molar refractivity (Wildman–Crippen MR) is 69.1 cm³/mol. The Hall–Kier alpha value is -1.45. The van der Waals surface area contributed by atoms with Crippen LogP contribution in [0.25, 0.3) is 10.9 Å². The van der Waals surface area contributed by atoms with Crippen LogP contribution in [0.15, 0.2) is 24.3 Å². The summed E-state index contributed by atoms with van der Waals surface area (Å²) in [6, 6.07) is 7.20. The normalized spacial score (nSPS) is 17.5. The molecule has 1 fully saturated rings. The number of aromatic nitrogens is 1. The van der Waals surface area contributed by atoms with Gasteiger partial charge in [0, 0.05) is 18.0 Å². The van der Waals surface area contributed by atoms with Gasteiger partial charge in [0.1, 0.15) is 5.69 Å². The fourth-order valence-corrected chi connectivity index (χ4v) is 3.39. The molecule has 0 unspecified atom stereocenters. The molecule has 1 saturated carbocycles. The van der Waals surface area contributed by atoms with Gasteiger partial charge in [0.15, 0.2) is 0 Å². The van der Waals surface area contributed by atoms with Crippen molar-refractivity contribution in [2.45, 2.75) is 37.8 Å². The second-order valence-corrected chi connectivity index (χ2v) is 5.32. The number of para-hydroxylation sites is 1. The average Bonchev–Trinajstić information content (AvgIpc) is 2.95. The van der Waals surface area contributed by atoms with E-state index in [0.29, 0.717) is 11.1 Å². The first-order valence-electron chi connectivity index (χ1n) is 6.64. The van der Waals surface area contributed by atoms with Crippen LogP contribution in [0.1, 0.15) is 42.9 Å². The molecule has 0 spiro atoms. The third kappa shape index (κ3) is 1.94. The minimum atomic E-state index is -4.29. The highest BCUT2D eigenvalue weighted by Gasteiger charge is 2.40. The van der Waals surface area contributed by atoms with Crippen LogP contribution in [0.2, 0.25) is 0 Å². The van der Waals surface area contributed by atoms with E-state index in [2.05, 4.69) is 0 Å². The van der Waals surface area contributed by atoms with Crippen molar-refractivity contribution in [3.63, 3.8) is 0 Å². The summed E-state index contributed by atoms with van der Waals surface area (Å²) < 4.78 is 41.4. The third-order valence-corrected chi connectivity index (χ3v) is 4.18. The topological polar surface area (TPSA) is 4.93 Å². The summed E-state index contributed by atoms with van der Waals surface area (Å²) in [7, 11) is 1.52. The van der Waals surface area contributed by atoms with Crippen LogP contribution in [0.4, 0.5) is 13.2 Å². The van der Waals surface area contributed by atoms with E-state index in [1.54, 1.807) is 12.1 Å². The van der Waals surface area contributed by atoms with Gasteiger partial charge < -0.3 is 4.57 Å². The summed E-state index contributed by atoms with van der Waals surface area (Å²) in [6.45, 7) is 0. The Morgan fingerprint density at radius 1 is 1.11 bits per heavy atom.